The smallest absolute Gasteiger partial charge is 0.206 e. The van der Waals surface area contributed by atoms with E-state index in [9.17, 15) is 8.42 Å². The van der Waals surface area contributed by atoms with Crippen molar-refractivity contribution in [3.63, 3.8) is 0 Å². The summed E-state index contributed by atoms with van der Waals surface area (Å²) in [5.41, 5.74) is 0. The molecule has 0 bridgehead atoms. The molecule has 110 valence electrons. The topological polar surface area (TPSA) is 55.9 Å². The Morgan fingerprint density at radius 3 is 2.14 bits per heavy atom. The first-order valence-electron chi connectivity index (χ1n) is 6.76. The SMILES string of the molecule is CC1OC1COc1ccc(S(=O)(=O)c2ccccc2)cc1. The van der Waals surface area contributed by atoms with Gasteiger partial charge in [-0.25, -0.2) is 8.42 Å². The molecule has 1 aliphatic rings. The molecule has 0 radical (unpaired) electrons. The van der Waals surface area contributed by atoms with Gasteiger partial charge < -0.3 is 9.47 Å². The first-order valence-corrected chi connectivity index (χ1v) is 8.24. The average molecular weight is 304 g/mol. The monoisotopic (exact) mass is 304 g/mol. The van der Waals surface area contributed by atoms with Crippen LogP contribution >= 0.6 is 0 Å². The van der Waals surface area contributed by atoms with Crippen LogP contribution in [0.3, 0.4) is 0 Å². The Bertz CT molecular complexity index is 708. The van der Waals surface area contributed by atoms with Crippen molar-refractivity contribution >= 4 is 9.84 Å². The quantitative estimate of drug-likeness (QED) is 0.797. The number of rotatable bonds is 5. The van der Waals surface area contributed by atoms with Gasteiger partial charge in [0.1, 0.15) is 18.5 Å². The van der Waals surface area contributed by atoms with Gasteiger partial charge in [0.2, 0.25) is 9.84 Å². The third kappa shape index (κ3) is 3.09. The van der Waals surface area contributed by atoms with Crippen LogP contribution in [0, 0.1) is 0 Å². The van der Waals surface area contributed by atoms with E-state index in [-0.39, 0.29) is 17.1 Å². The summed E-state index contributed by atoms with van der Waals surface area (Å²) >= 11 is 0. The van der Waals surface area contributed by atoms with Gasteiger partial charge in [-0.15, -0.1) is 0 Å². The zero-order valence-corrected chi connectivity index (χ0v) is 12.4. The second-order valence-corrected chi connectivity index (χ2v) is 6.93. The molecule has 4 nitrogen and oxygen atoms in total. The number of sulfone groups is 1. The standard InChI is InChI=1S/C16H16O4S/c1-12-16(20-12)11-19-13-7-9-15(10-8-13)21(17,18)14-5-3-2-4-6-14/h2-10,12,16H,11H2,1H3. The fourth-order valence-electron chi connectivity index (χ4n) is 2.03. The summed E-state index contributed by atoms with van der Waals surface area (Å²) in [7, 11) is -3.46. The van der Waals surface area contributed by atoms with E-state index in [1.54, 1.807) is 54.6 Å². The Morgan fingerprint density at radius 1 is 1.00 bits per heavy atom. The maximum absolute atomic E-state index is 12.4. The second-order valence-electron chi connectivity index (χ2n) is 4.98. The maximum Gasteiger partial charge on any atom is 0.206 e. The van der Waals surface area contributed by atoms with E-state index < -0.39 is 9.84 Å². The van der Waals surface area contributed by atoms with Crippen molar-refractivity contribution in [2.75, 3.05) is 6.61 Å². The van der Waals surface area contributed by atoms with Crippen molar-refractivity contribution in [1.29, 1.82) is 0 Å². The summed E-state index contributed by atoms with van der Waals surface area (Å²) in [6.07, 6.45) is 0.403. The van der Waals surface area contributed by atoms with Crippen LogP contribution in [0.5, 0.6) is 5.75 Å². The van der Waals surface area contributed by atoms with Crippen LogP contribution in [0.2, 0.25) is 0 Å². The summed E-state index contributed by atoms with van der Waals surface area (Å²) in [6, 6.07) is 14.9. The predicted molar refractivity (Wildman–Crippen MR) is 78.2 cm³/mol. The van der Waals surface area contributed by atoms with Gasteiger partial charge in [-0.05, 0) is 43.3 Å². The van der Waals surface area contributed by atoms with Gasteiger partial charge in [0.25, 0.3) is 0 Å². The van der Waals surface area contributed by atoms with Crippen LogP contribution in [0.25, 0.3) is 0 Å². The zero-order valence-electron chi connectivity index (χ0n) is 11.6. The van der Waals surface area contributed by atoms with E-state index in [4.69, 9.17) is 9.47 Å². The Morgan fingerprint density at radius 2 is 1.57 bits per heavy atom. The molecule has 0 N–H and O–H groups in total. The van der Waals surface area contributed by atoms with Crippen LogP contribution in [0.1, 0.15) is 6.92 Å². The lowest BCUT2D eigenvalue weighted by atomic mass is 10.3. The number of hydrogen-bond acceptors (Lipinski definition) is 4. The van der Waals surface area contributed by atoms with Crippen LogP contribution in [-0.4, -0.2) is 27.2 Å². The molecule has 1 fully saturated rings. The minimum atomic E-state index is -3.46. The Balaban J connectivity index is 1.74. The molecule has 0 aliphatic carbocycles. The number of hydrogen-bond donors (Lipinski definition) is 0. The highest BCUT2D eigenvalue weighted by atomic mass is 32.2. The van der Waals surface area contributed by atoms with Gasteiger partial charge in [-0.1, -0.05) is 18.2 Å². The van der Waals surface area contributed by atoms with E-state index in [0.29, 0.717) is 17.3 Å². The van der Waals surface area contributed by atoms with Gasteiger partial charge >= 0.3 is 0 Å². The highest BCUT2D eigenvalue weighted by Gasteiger charge is 2.34. The normalized spacial score (nSPS) is 21.0. The van der Waals surface area contributed by atoms with Gasteiger partial charge in [0, 0.05) is 0 Å². The lowest BCUT2D eigenvalue weighted by Gasteiger charge is -2.07. The highest BCUT2D eigenvalue weighted by molar-refractivity contribution is 7.91. The van der Waals surface area contributed by atoms with Crippen LogP contribution in [-0.2, 0) is 14.6 Å². The first kappa shape index (κ1) is 14.1. The minimum absolute atomic E-state index is 0.151. The van der Waals surface area contributed by atoms with E-state index >= 15 is 0 Å². The van der Waals surface area contributed by atoms with Crippen molar-refractivity contribution in [3.8, 4) is 5.75 Å². The molecule has 0 saturated carbocycles. The van der Waals surface area contributed by atoms with Gasteiger partial charge in [-0.3, -0.25) is 0 Å². The first-order chi connectivity index (χ1) is 10.1. The third-order valence-corrected chi connectivity index (χ3v) is 5.22. The molecule has 21 heavy (non-hydrogen) atoms. The Hall–Kier alpha value is -1.85. The van der Waals surface area contributed by atoms with Gasteiger partial charge in [0.05, 0.1) is 15.9 Å². The van der Waals surface area contributed by atoms with Crippen molar-refractivity contribution < 1.29 is 17.9 Å². The van der Waals surface area contributed by atoms with Gasteiger partial charge in [-0.2, -0.15) is 0 Å². The molecule has 2 aromatic carbocycles. The lowest BCUT2D eigenvalue weighted by Crippen LogP contribution is -2.06. The summed E-state index contributed by atoms with van der Waals surface area (Å²) < 4.78 is 35.6. The molecule has 2 atom stereocenters. The van der Waals surface area contributed by atoms with E-state index in [1.165, 1.54) is 0 Å². The van der Waals surface area contributed by atoms with E-state index in [0.717, 1.165) is 0 Å². The van der Waals surface area contributed by atoms with Crippen molar-refractivity contribution in [3.05, 3.63) is 54.6 Å². The van der Waals surface area contributed by atoms with Crippen molar-refractivity contribution in [2.45, 2.75) is 28.9 Å². The van der Waals surface area contributed by atoms with E-state index in [2.05, 4.69) is 0 Å². The minimum Gasteiger partial charge on any atom is -0.491 e. The third-order valence-electron chi connectivity index (χ3n) is 3.44. The van der Waals surface area contributed by atoms with Crippen LogP contribution in [0.4, 0.5) is 0 Å². The summed E-state index contributed by atoms with van der Waals surface area (Å²) in [4.78, 5) is 0.552. The summed E-state index contributed by atoms with van der Waals surface area (Å²) in [6.45, 7) is 2.48. The molecule has 0 amide bonds. The molecule has 5 heteroatoms. The lowest BCUT2D eigenvalue weighted by molar-refractivity contribution is 0.260. The molecule has 1 aliphatic heterocycles. The average Bonchev–Trinajstić information content (AvgIpc) is 3.22. The molecular weight excluding hydrogens is 288 g/mol. The van der Waals surface area contributed by atoms with Crippen molar-refractivity contribution in [2.24, 2.45) is 0 Å². The highest BCUT2D eigenvalue weighted by Crippen LogP contribution is 2.25. The Kier molecular flexibility index (Phi) is 3.69. The fraction of sp³-hybridized carbons (Fsp3) is 0.250. The summed E-state index contributed by atoms with van der Waals surface area (Å²) in [5.74, 6) is 0.643. The largest absolute Gasteiger partial charge is 0.491 e. The Labute approximate surface area is 124 Å². The molecule has 2 unspecified atom stereocenters. The number of benzene rings is 2. The molecular formula is C16H16O4S. The molecule has 1 heterocycles. The predicted octanol–water partition coefficient (Wildman–Crippen LogP) is 2.69. The molecule has 3 rings (SSSR count). The maximum atomic E-state index is 12.4. The zero-order chi connectivity index (χ0) is 14.9. The second kappa shape index (κ2) is 5.50. The number of epoxide rings is 1. The van der Waals surface area contributed by atoms with Gasteiger partial charge in [0.15, 0.2) is 0 Å². The van der Waals surface area contributed by atoms with Crippen molar-refractivity contribution in [1.82, 2.24) is 0 Å². The molecule has 2 aromatic rings. The summed E-state index contributed by atoms with van der Waals surface area (Å²) in [5, 5.41) is 0. The van der Waals surface area contributed by atoms with Crippen LogP contribution < -0.4 is 4.74 Å². The van der Waals surface area contributed by atoms with E-state index in [1.807, 2.05) is 6.92 Å². The van der Waals surface area contributed by atoms with Crippen LogP contribution in [0.15, 0.2) is 64.4 Å². The number of ether oxygens (including phenoxy) is 2. The molecule has 0 spiro atoms. The molecule has 0 aromatic heterocycles. The fourth-order valence-corrected chi connectivity index (χ4v) is 3.32. The molecule has 1 saturated heterocycles.